The van der Waals surface area contributed by atoms with E-state index in [0.29, 0.717) is 36.5 Å². The molecule has 266 valence electrons. The van der Waals surface area contributed by atoms with Crippen molar-refractivity contribution in [2.24, 2.45) is 0 Å². The molecular weight excluding hydrogens is 625 g/mol. The van der Waals surface area contributed by atoms with E-state index in [-0.39, 0.29) is 12.0 Å². The van der Waals surface area contributed by atoms with Crippen LogP contribution in [0.2, 0.25) is 0 Å². The van der Waals surface area contributed by atoms with E-state index in [1.165, 1.54) is 32.1 Å². The molecule has 0 spiro atoms. The molecule has 8 nitrogen and oxygen atoms in total. The number of thioether (sulfide) groups is 1. The molecule has 2 fully saturated rings. The Morgan fingerprint density at radius 1 is 1.06 bits per heavy atom. The first-order valence-electron chi connectivity index (χ1n) is 17.7. The van der Waals surface area contributed by atoms with Crippen LogP contribution in [0.5, 0.6) is 0 Å². The zero-order valence-electron chi connectivity index (χ0n) is 30.0. The van der Waals surface area contributed by atoms with Gasteiger partial charge in [0.15, 0.2) is 0 Å². The molecule has 2 aliphatic rings. The number of benzene rings is 2. The van der Waals surface area contributed by atoms with Gasteiger partial charge in [0.1, 0.15) is 12.3 Å². The van der Waals surface area contributed by atoms with Crippen molar-refractivity contribution in [2.75, 3.05) is 32.3 Å². The Morgan fingerprint density at radius 2 is 1.81 bits per heavy atom. The largest absolute Gasteiger partial charge is 0.503 e. The predicted octanol–water partition coefficient (Wildman–Crippen LogP) is 8.22. The molecule has 1 aliphatic heterocycles. The molecule has 3 atom stereocenters. The zero-order chi connectivity index (χ0) is 34.9. The molecule has 48 heavy (non-hydrogen) atoms. The van der Waals surface area contributed by atoms with Crippen LogP contribution in [-0.2, 0) is 25.5 Å². The summed E-state index contributed by atoms with van der Waals surface area (Å²) in [5.41, 5.74) is 5.45. The average molecular weight is 683 g/mol. The van der Waals surface area contributed by atoms with E-state index in [2.05, 4.69) is 30.1 Å². The van der Waals surface area contributed by atoms with Crippen molar-refractivity contribution in [1.82, 2.24) is 10.2 Å². The van der Waals surface area contributed by atoms with Gasteiger partial charge in [0, 0.05) is 31.7 Å². The standard InChI is InChI=1S/C32H42N2O5S.C7H16O/c1-22-9-7-8-12-27(22)29-17-23(13-14-28(29)31(35)33-30(32(36)37)15-16-40-3)19-34-20-26(18-24(34)21-38-2)39-25-10-5-4-6-11-25;1-4-6-7(3)8-5-2/h7-9,12-14,17,21,25-26,30H,4-6,10-11,15-16,18-20H2,1-3H3,(H,33,35)(H,36,37);7H,4-6H2,1-3H3/b24-21+;. The maximum Gasteiger partial charge on any atom is 0.326 e. The average Bonchev–Trinajstić information content (AvgIpc) is 3.44. The Morgan fingerprint density at radius 3 is 2.46 bits per heavy atom. The van der Waals surface area contributed by atoms with E-state index in [4.69, 9.17) is 14.2 Å². The Balaban J connectivity index is 0.000000694. The first kappa shape index (κ1) is 39.4. The number of aliphatic carboxylic acids is 1. The Hall–Kier alpha value is -3.01. The summed E-state index contributed by atoms with van der Waals surface area (Å²) in [6.07, 6.45) is 14.4. The number of amides is 1. The van der Waals surface area contributed by atoms with E-state index in [1.807, 2.05) is 62.8 Å². The van der Waals surface area contributed by atoms with Gasteiger partial charge in [-0.25, -0.2) is 4.79 Å². The van der Waals surface area contributed by atoms with Crippen LogP contribution in [0.1, 0.15) is 100 Å². The highest BCUT2D eigenvalue weighted by Gasteiger charge is 2.31. The lowest BCUT2D eigenvalue weighted by atomic mass is 9.93. The molecule has 1 amide bonds. The molecule has 0 radical (unpaired) electrons. The van der Waals surface area contributed by atoms with Crippen LogP contribution in [-0.4, -0.2) is 78.5 Å². The molecular formula is C39H58N2O6S. The number of ether oxygens (including phenoxy) is 3. The summed E-state index contributed by atoms with van der Waals surface area (Å²) in [6.45, 7) is 10.7. The third-order valence-electron chi connectivity index (χ3n) is 8.96. The molecule has 1 saturated carbocycles. The topological polar surface area (TPSA) is 97.3 Å². The van der Waals surface area contributed by atoms with Crippen LogP contribution in [0.4, 0.5) is 0 Å². The Labute approximate surface area is 293 Å². The van der Waals surface area contributed by atoms with Crippen molar-refractivity contribution in [3.63, 3.8) is 0 Å². The number of hydrogen-bond donors (Lipinski definition) is 2. The van der Waals surface area contributed by atoms with Crippen molar-refractivity contribution < 1.29 is 28.9 Å². The summed E-state index contributed by atoms with van der Waals surface area (Å²) in [6, 6.07) is 12.9. The van der Waals surface area contributed by atoms with E-state index >= 15 is 0 Å². The Bertz CT molecular complexity index is 1310. The summed E-state index contributed by atoms with van der Waals surface area (Å²) < 4.78 is 17.2. The molecule has 4 rings (SSSR count). The van der Waals surface area contributed by atoms with Gasteiger partial charge in [-0.05, 0) is 92.8 Å². The molecule has 1 aliphatic carbocycles. The van der Waals surface area contributed by atoms with Crippen LogP contribution in [0.15, 0.2) is 54.4 Å². The second kappa shape index (κ2) is 21.2. The number of likely N-dealkylation sites (tertiary alicyclic amines) is 1. The van der Waals surface area contributed by atoms with Gasteiger partial charge in [0.25, 0.3) is 5.91 Å². The van der Waals surface area contributed by atoms with E-state index < -0.39 is 12.0 Å². The molecule has 2 aromatic rings. The van der Waals surface area contributed by atoms with Crippen molar-refractivity contribution in [3.05, 3.63) is 71.1 Å². The number of hydrogen-bond acceptors (Lipinski definition) is 7. The lowest BCUT2D eigenvalue weighted by molar-refractivity contribution is -0.139. The summed E-state index contributed by atoms with van der Waals surface area (Å²) in [5.74, 6) is -0.743. The highest BCUT2D eigenvalue weighted by atomic mass is 32.2. The van der Waals surface area contributed by atoms with Gasteiger partial charge in [-0.2, -0.15) is 11.8 Å². The zero-order valence-corrected chi connectivity index (χ0v) is 30.8. The number of carbonyl (C=O) groups excluding carboxylic acids is 1. The van der Waals surface area contributed by atoms with Crippen molar-refractivity contribution in [2.45, 2.75) is 116 Å². The molecule has 3 unspecified atom stereocenters. The van der Waals surface area contributed by atoms with E-state index in [9.17, 15) is 14.7 Å². The van der Waals surface area contributed by atoms with Crippen molar-refractivity contribution in [1.29, 1.82) is 0 Å². The molecule has 2 aromatic carbocycles. The monoisotopic (exact) mass is 682 g/mol. The molecule has 0 bridgehead atoms. The molecule has 2 N–H and O–H groups in total. The summed E-state index contributed by atoms with van der Waals surface area (Å²) in [4.78, 5) is 27.5. The number of carboxylic acid groups (broad SMARTS) is 1. The lowest BCUT2D eigenvalue weighted by Crippen LogP contribution is -2.41. The highest BCUT2D eigenvalue weighted by molar-refractivity contribution is 7.98. The van der Waals surface area contributed by atoms with Gasteiger partial charge in [-0.15, -0.1) is 0 Å². The third kappa shape index (κ3) is 12.5. The van der Waals surface area contributed by atoms with Gasteiger partial charge >= 0.3 is 5.97 Å². The molecule has 1 saturated heterocycles. The highest BCUT2D eigenvalue weighted by Crippen LogP contribution is 2.32. The van der Waals surface area contributed by atoms with Crippen molar-refractivity contribution in [3.8, 4) is 11.1 Å². The molecule has 9 heteroatoms. The van der Waals surface area contributed by atoms with Gasteiger partial charge in [-0.3, -0.25) is 4.79 Å². The Kier molecular flexibility index (Phi) is 17.4. The van der Waals surface area contributed by atoms with E-state index in [1.54, 1.807) is 18.9 Å². The van der Waals surface area contributed by atoms with Crippen LogP contribution >= 0.6 is 11.8 Å². The number of nitrogens with zero attached hydrogens (tertiary/aromatic N) is 1. The molecule has 1 heterocycles. The van der Waals surface area contributed by atoms with Crippen LogP contribution in [0.3, 0.4) is 0 Å². The maximum atomic E-state index is 13.4. The quantitative estimate of drug-likeness (QED) is 0.171. The lowest BCUT2D eigenvalue weighted by Gasteiger charge is -2.26. The maximum absolute atomic E-state index is 13.4. The number of aryl methyl sites for hydroxylation is 1. The predicted molar refractivity (Wildman–Crippen MR) is 196 cm³/mol. The minimum absolute atomic E-state index is 0.139. The number of nitrogens with one attached hydrogen (secondary N) is 1. The van der Waals surface area contributed by atoms with Crippen molar-refractivity contribution >= 4 is 23.6 Å². The summed E-state index contributed by atoms with van der Waals surface area (Å²) >= 11 is 1.56. The second-order valence-corrected chi connectivity index (χ2v) is 13.8. The summed E-state index contributed by atoms with van der Waals surface area (Å²) in [7, 11) is 1.67. The SMILES string of the molecule is CCCC(C)OCC.CO/C=C1\CC(OC2CCCCC2)CN1Cc1ccc(C(=O)NC(CCSC)C(=O)O)c(-c2ccccc2C)c1. The molecule has 0 aromatic heterocycles. The normalized spacial score (nSPS) is 18.6. The summed E-state index contributed by atoms with van der Waals surface area (Å²) in [5, 5.41) is 12.4. The fraction of sp³-hybridized carbons (Fsp3) is 0.590. The van der Waals surface area contributed by atoms with Gasteiger partial charge in [0.2, 0.25) is 0 Å². The van der Waals surface area contributed by atoms with Crippen LogP contribution < -0.4 is 5.32 Å². The second-order valence-electron chi connectivity index (χ2n) is 12.8. The fourth-order valence-electron chi connectivity index (χ4n) is 6.49. The van der Waals surface area contributed by atoms with Crippen LogP contribution in [0, 0.1) is 6.92 Å². The number of carbonyl (C=O) groups is 2. The van der Waals surface area contributed by atoms with Gasteiger partial charge in [0.05, 0.1) is 31.1 Å². The minimum atomic E-state index is -1.02. The van der Waals surface area contributed by atoms with E-state index in [0.717, 1.165) is 60.4 Å². The van der Waals surface area contributed by atoms with Gasteiger partial charge < -0.3 is 29.5 Å². The minimum Gasteiger partial charge on any atom is -0.503 e. The fourth-order valence-corrected chi connectivity index (χ4v) is 6.96. The third-order valence-corrected chi connectivity index (χ3v) is 9.60. The first-order valence-corrected chi connectivity index (χ1v) is 19.0. The smallest absolute Gasteiger partial charge is 0.326 e. The number of methoxy groups -OCH3 is 1. The number of rotatable bonds is 16. The van der Waals surface area contributed by atoms with Crippen LogP contribution in [0.25, 0.3) is 11.1 Å². The number of carboxylic acids is 1. The first-order chi connectivity index (χ1) is 23.2. The van der Waals surface area contributed by atoms with Gasteiger partial charge in [-0.1, -0.05) is 62.9 Å².